The van der Waals surface area contributed by atoms with Crippen molar-refractivity contribution in [2.45, 2.75) is 38.9 Å². The van der Waals surface area contributed by atoms with Crippen LogP contribution in [-0.2, 0) is 9.47 Å². The number of hydrogen-bond donors (Lipinski definition) is 1. The smallest absolute Gasteiger partial charge is 0.0704 e. The molecule has 2 unspecified atom stereocenters. The predicted octanol–water partition coefficient (Wildman–Crippen LogP) is 1.18. The molecule has 2 atom stereocenters. The van der Waals surface area contributed by atoms with Crippen molar-refractivity contribution >= 4 is 0 Å². The highest BCUT2D eigenvalue weighted by molar-refractivity contribution is 4.72. The Kier molecular flexibility index (Phi) is 5.35. The lowest BCUT2D eigenvalue weighted by atomic mass is 10.2. The fourth-order valence-corrected chi connectivity index (χ4v) is 1.59. The summed E-state index contributed by atoms with van der Waals surface area (Å²) in [7, 11) is 0. The first-order valence-electron chi connectivity index (χ1n) is 5.27. The lowest BCUT2D eigenvalue weighted by Gasteiger charge is -2.11. The van der Waals surface area contributed by atoms with Gasteiger partial charge >= 0.3 is 0 Å². The lowest BCUT2D eigenvalue weighted by Crippen LogP contribution is -2.29. The summed E-state index contributed by atoms with van der Waals surface area (Å²) in [5.41, 5.74) is 0. The van der Waals surface area contributed by atoms with Crippen LogP contribution in [0.25, 0.3) is 0 Å². The van der Waals surface area contributed by atoms with Crippen LogP contribution in [-0.4, -0.2) is 38.5 Å². The second kappa shape index (κ2) is 6.35. The van der Waals surface area contributed by atoms with Crippen LogP contribution >= 0.6 is 0 Å². The van der Waals surface area contributed by atoms with Gasteiger partial charge in [-0.3, -0.25) is 0 Å². The highest BCUT2D eigenvalue weighted by Gasteiger charge is 2.20. The van der Waals surface area contributed by atoms with Crippen LogP contribution in [0.3, 0.4) is 0 Å². The van der Waals surface area contributed by atoms with Crippen molar-refractivity contribution in [1.82, 2.24) is 5.32 Å². The summed E-state index contributed by atoms with van der Waals surface area (Å²) < 4.78 is 10.9. The van der Waals surface area contributed by atoms with Crippen molar-refractivity contribution in [1.29, 1.82) is 0 Å². The molecule has 0 aromatic heterocycles. The molecular formula is C10H21NO2. The molecule has 1 heterocycles. The van der Waals surface area contributed by atoms with E-state index in [0.717, 1.165) is 26.3 Å². The molecule has 1 rings (SSSR count). The molecule has 0 aliphatic carbocycles. The summed E-state index contributed by atoms with van der Waals surface area (Å²) in [6.45, 7) is 7.67. The SMILES string of the molecule is CCOCCNCC1CCC(C)O1. The van der Waals surface area contributed by atoms with Crippen molar-refractivity contribution in [2.24, 2.45) is 0 Å². The quantitative estimate of drug-likeness (QED) is 0.633. The summed E-state index contributed by atoms with van der Waals surface area (Å²) in [6.07, 6.45) is 3.29. The van der Waals surface area contributed by atoms with Gasteiger partial charge in [-0.2, -0.15) is 0 Å². The Hall–Kier alpha value is -0.120. The average Bonchev–Trinajstić information content (AvgIpc) is 2.51. The molecule has 0 bridgehead atoms. The molecule has 0 spiro atoms. The maximum absolute atomic E-state index is 5.66. The highest BCUT2D eigenvalue weighted by Crippen LogP contribution is 2.17. The fourth-order valence-electron chi connectivity index (χ4n) is 1.59. The van der Waals surface area contributed by atoms with Gasteiger partial charge in [0.25, 0.3) is 0 Å². The zero-order chi connectivity index (χ0) is 9.52. The van der Waals surface area contributed by atoms with E-state index in [1.807, 2.05) is 6.92 Å². The third kappa shape index (κ3) is 4.60. The summed E-state index contributed by atoms with van der Waals surface area (Å²) >= 11 is 0. The molecule has 1 fully saturated rings. The molecule has 1 N–H and O–H groups in total. The van der Waals surface area contributed by atoms with Gasteiger partial charge in [-0.25, -0.2) is 0 Å². The molecule has 0 radical (unpaired) electrons. The van der Waals surface area contributed by atoms with Gasteiger partial charge in [0.1, 0.15) is 0 Å². The molecule has 1 aliphatic rings. The van der Waals surface area contributed by atoms with Gasteiger partial charge in [0, 0.05) is 19.7 Å². The third-order valence-corrected chi connectivity index (χ3v) is 2.32. The first kappa shape index (κ1) is 11.0. The first-order valence-corrected chi connectivity index (χ1v) is 5.27. The summed E-state index contributed by atoms with van der Waals surface area (Å²) in [5, 5.41) is 3.33. The minimum atomic E-state index is 0.427. The van der Waals surface area contributed by atoms with Gasteiger partial charge < -0.3 is 14.8 Å². The Morgan fingerprint density at radius 3 is 2.92 bits per heavy atom. The molecule has 13 heavy (non-hydrogen) atoms. The standard InChI is InChI=1S/C10H21NO2/c1-3-12-7-6-11-8-10-5-4-9(2)13-10/h9-11H,3-8H2,1-2H3. The number of ether oxygens (including phenoxy) is 2. The minimum Gasteiger partial charge on any atom is -0.380 e. The Bertz CT molecular complexity index is 130. The molecular weight excluding hydrogens is 166 g/mol. The average molecular weight is 187 g/mol. The zero-order valence-corrected chi connectivity index (χ0v) is 8.71. The van der Waals surface area contributed by atoms with Crippen LogP contribution in [0, 0.1) is 0 Å². The van der Waals surface area contributed by atoms with Crippen molar-refractivity contribution in [3.05, 3.63) is 0 Å². The van der Waals surface area contributed by atoms with Crippen LogP contribution in [0.2, 0.25) is 0 Å². The maximum atomic E-state index is 5.66. The molecule has 0 aromatic rings. The monoisotopic (exact) mass is 187 g/mol. The van der Waals surface area contributed by atoms with Crippen LogP contribution in [0.1, 0.15) is 26.7 Å². The van der Waals surface area contributed by atoms with E-state index < -0.39 is 0 Å². The van der Waals surface area contributed by atoms with Crippen molar-refractivity contribution in [2.75, 3.05) is 26.3 Å². The van der Waals surface area contributed by atoms with Gasteiger partial charge in [-0.15, -0.1) is 0 Å². The number of rotatable bonds is 6. The van der Waals surface area contributed by atoms with Gasteiger partial charge in [0.15, 0.2) is 0 Å². The molecule has 78 valence electrons. The largest absolute Gasteiger partial charge is 0.380 e. The zero-order valence-electron chi connectivity index (χ0n) is 8.71. The van der Waals surface area contributed by atoms with E-state index in [9.17, 15) is 0 Å². The number of hydrogen-bond acceptors (Lipinski definition) is 3. The number of nitrogens with one attached hydrogen (secondary N) is 1. The molecule has 0 saturated carbocycles. The van der Waals surface area contributed by atoms with Gasteiger partial charge in [0.2, 0.25) is 0 Å². The Labute approximate surface area is 80.8 Å². The topological polar surface area (TPSA) is 30.5 Å². The summed E-state index contributed by atoms with van der Waals surface area (Å²) in [6, 6.07) is 0. The third-order valence-electron chi connectivity index (χ3n) is 2.32. The fraction of sp³-hybridized carbons (Fsp3) is 1.00. The second-order valence-electron chi connectivity index (χ2n) is 3.55. The van der Waals surface area contributed by atoms with Crippen LogP contribution in [0.15, 0.2) is 0 Å². The van der Waals surface area contributed by atoms with Crippen molar-refractivity contribution < 1.29 is 9.47 Å². The van der Waals surface area contributed by atoms with Gasteiger partial charge in [0.05, 0.1) is 18.8 Å². The van der Waals surface area contributed by atoms with Crippen LogP contribution < -0.4 is 5.32 Å². The van der Waals surface area contributed by atoms with Crippen LogP contribution in [0.4, 0.5) is 0 Å². The predicted molar refractivity (Wildman–Crippen MR) is 52.9 cm³/mol. The molecule has 0 amide bonds. The van der Waals surface area contributed by atoms with E-state index in [4.69, 9.17) is 9.47 Å². The normalized spacial score (nSPS) is 28.2. The van der Waals surface area contributed by atoms with E-state index in [0.29, 0.717) is 12.2 Å². The van der Waals surface area contributed by atoms with E-state index in [1.54, 1.807) is 0 Å². The first-order chi connectivity index (χ1) is 6.33. The molecule has 3 heteroatoms. The highest BCUT2D eigenvalue weighted by atomic mass is 16.5. The second-order valence-corrected chi connectivity index (χ2v) is 3.55. The molecule has 0 aromatic carbocycles. The Morgan fingerprint density at radius 2 is 2.31 bits per heavy atom. The molecule has 1 aliphatic heterocycles. The van der Waals surface area contributed by atoms with Gasteiger partial charge in [-0.05, 0) is 26.7 Å². The Morgan fingerprint density at radius 1 is 1.46 bits per heavy atom. The minimum absolute atomic E-state index is 0.427. The van der Waals surface area contributed by atoms with Crippen molar-refractivity contribution in [3.63, 3.8) is 0 Å². The van der Waals surface area contributed by atoms with Crippen LogP contribution in [0.5, 0.6) is 0 Å². The Balaban J connectivity index is 1.88. The molecule has 1 saturated heterocycles. The van der Waals surface area contributed by atoms with E-state index in [1.165, 1.54) is 12.8 Å². The van der Waals surface area contributed by atoms with Gasteiger partial charge in [-0.1, -0.05) is 0 Å². The maximum Gasteiger partial charge on any atom is 0.0704 e. The van der Waals surface area contributed by atoms with E-state index in [2.05, 4.69) is 12.2 Å². The van der Waals surface area contributed by atoms with Crippen molar-refractivity contribution in [3.8, 4) is 0 Å². The van der Waals surface area contributed by atoms with E-state index in [-0.39, 0.29) is 0 Å². The van der Waals surface area contributed by atoms with E-state index >= 15 is 0 Å². The lowest BCUT2D eigenvalue weighted by molar-refractivity contribution is 0.0543. The summed E-state index contributed by atoms with van der Waals surface area (Å²) in [4.78, 5) is 0. The molecule has 3 nitrogen and oxygen atoms in total. The summed E-state index contributed by atoms with van der Waals surface area (Å²) in [5.74, 6) is 0.